The van der Waals surface area contributed by atoms with Crippen LogP contribution in [-0.4, -0.2) is 25.0 Å². The molecule has 0 heterocycles. The molecule has 0 saturated carbocycles. The van der Waals surface area contributed by atoms with E-state index in [0.717, 1.165) is 11.3 Å². The van der Waals surface area contributed by atoms with Crippen LogP contribution in [0.3, 0.4) is 0 Å². The Morgan fingerprint density at radius 1 is 1.20 bits per heavy atom. The number of ether oxygens (including phenoxy) is 1. The van der Waals surface area contributed by atoms with Crippen LogP contribution in [0.2, 0.25) is 0 Å². The van der Waals surface area contributed by atoms with E-state index in [4.69, 9.17) is 4.74 Å². The zero-order valence-electron chi connectivity index (χ0n) is 11.5. The van der Waals surface area contributed by atoms with E-state index in [2.05, 4.69) is 0 Å². The maximum Gasteiger partial charge on any atom is 0.253 e. The highest BCUT2D eigenvalue weighted by molar-refractivity contribution is 5.93. The van der Waals surface area contributed by atoms with Crippen molar-refractivity contribution in [3.05, 3.63) is 65.5 Å². The molecule has 2 rings (SSSR count). The molecule has 0 N–H and O–H groups in total. The first kappa shape index (κ1) is 14.1. The molecule has 0 atom stereocenters. The number of hydrogen-bond donors (Lipinski definition) is 0. The number of benzene rings is 2. The van der Waals surface area contributed by atoms with E-state index in [1.165, 1.54) is 24.3 Å². The number of hydrogen-bond acceptors (Lipinski definition) is 2. The van der Waals surface area contributed by atoms with Gasteiger partial charge in [0.25, 0.3) is 5.91 Å². The SMILES string of the molecule is COc1cccc(CN(C)C(=O)c2ccc(F)cc2)c1. The van der Waals surface area contributed by atoms with Crippen LogP contribution in [0, 0.1) is 5.82 Å². The van der Waals surface area contributed by atoms with E-state index in [-0.39, 0.29) is 11.7 Å². The standard InChI is InChI=1S/C16H16FNO2/c1-18(11-12-4-3-5-15(10-12)20-2)16(19)13-6-8-14(17)9-7-13/h3-10H,11H2,1-2H3. The average Bonchev–Trinajstić information content (AvgIpc) is 2.47. The van der Waals surface area contributed by atoms with Gasteiger partial charge in [0.15, 0.2) is 0 Å². The number of nitrogens with zero attached hydrogens (tertiary/aromatic N) is 1. The van der Waals surface area contributed by atoms with Crippen molar-refractivity contribution in [2.45, 2.75) is 6.54 Å². The Morgan fingerprint density at radius 2 is 1.90 bits per heavy atom. The van der Waals surface area contributed by atoms with Crippen LogP contribution in [0.5, 0.6) is 5.75 Å². The maximum absolute atomic E-state index is 12.8. The third kappa shape index (κ3) is 3.35. The number of amides is 1. The summed E-state index contributed by atoms with van der Waals surface area (Å²) in [6, 6.07) is 13.1. The fourth-order valence-corrected chi connectivity index (χ4v) is 1.93. The van der Waals surface area contributed by atoms with Gasteiger partial charge < -0.3 is 9.64 Å². The number of carbonyl (C=O) groups is 1. The van der Waals surface area contributed by atoms with Crippen LogP contribution < -0.4 is 4.74 Å². The Hall–Kier alpha value is -2.36. The predicted molar refractivity (Wildman–Crippen MR) is 75.2 cm³/mol. The number of rotatable bonds is 4. The third-order valence-electron chi connectivity index (χ3n) is 2.99. The van der Waals surface area contributed by atoms with Crippen LogP contribution in [0.15, 0.2) is 48.5 Å². The van der Waals surface area contributed by atoms with Gasteiger partial charge in [0.05, 0.1) is 7.11 Å². The molecule has 0 fully saturated rings. The minimum absolute atomic E-state index is 0.146. The van der Waals surface area contributed by atoms with Gasteiger partial charge in [-0.3, -0.25) is 4.79 Å². The number of carbonyl (C=O) groups excluding carboxylic acids is 1. The molecule has 0 aromatic heterocycles. The van der Waals surface area contributed by atoms with Gasteiger partial charge in [-0.1, -0.05) is 12.1 Å². The Labute approximate surface area is 117 Å². The summed E-state index contributed by atoms with van der Waals surface area (Å²) in [6.07, 6.45) is 0. The number of halogens is 1. The summed E-state index contributed by atoms with van der Waals surface area (Å²) >= 11 is 0. The minimum atomic E-state index is -0.350. The second kappa shape index (κ2) is 6.19. The van der Waals surface area contributed by atoms with E-state index in [1.807, 2.05) is 24.3 Å². The van der Waals surface area contributed by atoms with Crippen molar-refractivity contribution in [1.82, 2.24) is 4.90 Å². The molecule has 0 unspecified atom stereocenters. The lowest BCUT2D eigenvalue weighted by atomic mass is 10.1. The van der Waals surface area contributed by atoms with Gasteiger partial charge in [-0.05, 0) is 42.0 Å². The molecule has 4 heteroatoms. The molecule has 104 valence electrons. The monoisotopic (exact) mass is 273 g/mol. The molecule has 0 aliphatic carbocycles. The highest BCUT2D eigenvalue weighted by atomic mass is 19.1. The second-order valence-corrected chi connectivity index (χ2v) is 4.52. The summed E-state index contributed by atoms with van der Waals surface area (Å²) in [5.41, 5.74) is 1.44. The minimum Gasteiger partial charge on any atom is -0.497 e. The molecule has 1 amide bonds. The van der Waals surface area contributed by atoms with Crippen molar-refractivity contribution in [2.24, 2.45) is 0 Å². The molecule has 3 nitrogen and oxygen atoms in total. The molecule has 0 bridgehead atoms. The Bertz CT molecular complexity index is 596. The summed E-state index contributed by atoms with van der Waals surface area (Å²) in [6.45, 7) is 0.466. The first-order valence-electron chi connectivity index (χ1n) is 6.24. The largest absolute Gasteiger partial charge is 0.497 e. The van der Waals surface area contributed by atoms with Crippen LogP contribution in [-0.2, 0) is 6.54 Å². The molecular weight excluding hydrogens is 257 g/mol. The van der Waals surface area contributed by atoms with E-state index in [9.17, 15) is 9.18 Å². The van der Waals surface area contributed by atoms with Crippen LogP contribution in [0.4, 0.5) is 4.39 Å². The van der Waals surface area contributed by atoms with Crippen LogP contribution in [0.1, 0.15) is 15.9 Å². The third-order valence-corrected chi connectivity index (χ3v) is 2.99. The zero-order chi connectivity index (χ0) is 14.5. The van der Waals surface area contributed by atoms with Crippen molar-refractivity contribution >= 4 is 5.91 Å². The molecule has 0 saturated heterocycles. The fourth-order valence-electron chi connectivity index (χ4n) is 1.93. The summed E-state index contributed by atoms with van der Waals surface area (Å²) in [7, 11) is 3.32. The Morgan fingerprint density at radius 3 is 2.55 bits per heavy atom. The van der Waals surface area contributed by atoms with E-state index < -0.39 is 0 Å². The number of methoxy groups -OCH3 is 1. The second-order valence-electron chi connectivity index (χ2n) is 4.52. The van der Waals surface area contributed by atoms with Gasteiger partial charge in [0, 0.05) is 19.2 Å². The molecule has 2 aromatic carbocycles. The Kier molecular flexibility index (Phi) is 4.35. The van der Waals surface area contributed by atoms with E-state index in [0.29, 0.717) is 12.1 Å². The van der Waals surface area contributed by atoms with E-state index >= 15 is 0 Å². The van der Waals surface area contributed by atoms with Gasteiger partial charge >= 0.3 is 0 Å². The van der Waals surface area contributed by atoms with Crippen molar-refractivity contribution in [1.29, 1.82) is 0 Å². The molecule has 0 spiro atoms. The molecule has 0 aliphatic heterocycles. The van der Waals surface area contributed by atoms with Crippen LogP contribution >= 0.6 is 0 Å². The first-order chi connectivity index (χ1) is 9.60. The zero-order valence-corrected chi connectivity index (χ0v) is 11.5. The van der Waals surface area contributed by atoms with Crippen molar-refractivity contribution in [2.75, 3.05) is 14.2 Å². The van der Waals surface area contributed by atoms with Gasteiger partial charge in [0.1, 0.15) is 11.6 Å². The quantitative estimate of drug-likeness (QED) is 0.856. The average molecular weight is 273 g/mol. The van der Waals surface area contributed by atoms with E-state index in [1.54, 1.807) is 19.1 Å². The smallest absolute Gasteiger partial charge is 0.253 e. The lowest BCUT2D eigenvalue weighted by Crippen LogP contribution is -2.26. The van der Waals surface area contributed by atoms with Crippen LogP contribution in [0.25, 0.3) is 0 Å². The molecular formula is C16H16FNO2. The molecule has 0 radical (unpaired) electrons. The van der Waals surface area contributed by atoms with Gasteiger partial charge in [0.2, 0.25) is 0 Å². The molecule has 0 aliphatic rings. The normalized spacial score (nSPS) is 10.2. The summed E-state index contributed by atoms with van der Waals surface area (Å²) < 4.78 is 18.0. The summed E-state index contributed by atoms with van der Waals surface area (Å²) in [5.74, 6) is 0.259. The Balaban J connectivity index is 2.09. The highest BCUT2D eigenvalue weighted by Crippen LogP contribution is 2.15. The maximum atomic E-state index is 12.8. The lowest BCUT2D eigenvalue weighted by Gasteiger charge is -2.17. The molecule has 2 aromatic rings. The van der Waals surface area contributed by atoms with Gasteiger partial charge in [-0.15, -0.1) is 0 Å². The summed E-state index contributed by atoms with van der Waals surface area (Å²) in [4.78, 5) is 13.8. The lowest BCUT2D eigenvalue weighted by molar-refractivity contribution is 0.0785. The fraction of sp³-hybridized carbons (Fsp3) is 0.188. The molecule has 20 heavy (non-hydrogen) atoms. The predicted octanol–water partition coefficient (Wildman–Crippen LogP) is 3.11. The van der Waals surface area contributed by atoms with Crippen molar-refractivity contribution in [3.8, 4) is 5.75 Å². The topological polar surface area (TPSA) is 29.5 Å². The first-order valence-corrected chi connectivity index (χ1v) is 6.24. The van der Waals surface area contributed by atoms with Crippen molar-refractivity contribution in [3.63, 3.8) is 0 Å². The van der Waals surface area contributed by atoms with Gasteiger partial charge in [-0.25, -0.2) is 4.39 Å². The highest BCUT2D eigenvalue weighted by Gasteiger charge is 2.12. The van der Waals surface area contributed by atoms with Gasteiger partial charge in [-0.2, -0.15) is 0 Å². The van der Waals surface area contributed by atoms with Crippen molar-refractivity contribution < 1.29 is 13.9 Å². The summed E-state index contributed by atoms with van der Waals surface area (Å²) in [5, 5.41) is 0.